The Balaban J connectivity index is 1.77. The summed E-state index contributed by atoms with van der Waals surface area (Å²) in [6.07, 6.45) is 1.69. The van der Waals surface area contributed by atoms with E-state index in [1.807, 2.05) is 6.07 Å². The predicted molar refractivity (Wildman–Crippen MR) is 114 cm³/mol. The number of allylic oxidation sites excluding steroid dienone is 1. The number of hydrogen-bond acceptors (Lipinski definition) is 6. The lowest BCUT2D eigenvalue weighted by molar-refractivity contribution is -0.113. The first kappa shape index (κ1) is 22.3. The van der Waals surface area contributed by atoms with Crippen LogP contribution in [-0.4, -0.2) is 40.6 Å². The molecule has 0 saturated heterocycles. The molecule has 0 unspecified atom stereocenters. The third-order valence-electron chi connectivity index (χ3n) is 4.21. The number of benzene rings is 2. The van der Waals surface area contributed by atoms with E-state index in [9.17, 15) is 13.6 Å². The highest BCUT2D eigenvalue weighted by Crippen LogP contribution is 2.33. The molecule has 10 heteroatoms. The second-order valence-corrected chi connectivity index (χ2v) is 7.18. The molecule has 2 aromatic carbocycles. The molecule has 1 heterocycles. The third kappa shape index (κ3) is 5.21. The van der Waals surface area contributed by atoms with Crippen LogP contribution < -0.4 is 14.8 Å². The van der Waals surface area contributed by atoms with Crippen LogP contribution in [0.15, 0.2) is 54.2 Å². The minimum atomic E-state index is -0.844. The topological polar surface area (TPSA) is 78.3 Å². The Hall–Kier alpha value is -3.40. The number of amides is 1. The van der Waals surface area contributed by atoms with Gasteiger partial charge < -0.3 is 14.8 Å². The lowest BCUT2D eigenvalue weighted by Gasteiger charge is -2.11. The lowest BCUT2D eigenvalue weighted by atomic mass is 10.2. The van der Waals surface area contributed by atoms with Crippen molar-refractivity contribution in [1.29, 1.82) is 0 Å². The summed E-state index contributed by atoms with van der Waals surface area (Å²) in [6, 6.07) is 8.31. The van der Waals surface area contributed by atoms with E-state index < -0.39 is 17.5 Å². The van der Waals surface area contributed by atoms with Crippen LogP contribution in [0.4, 0.5) is 14.5 Å². The van der Waals surface area contributed by atoms with E-state index >= 15 is 0 Å². The molecule has 0 saturated carbocycles. The van der Waals surface area contributed by atoms with Gasteiger partial charge in [0.2, 0.25) is 5.91 Å². The van der Waals surface area contributed by atoms with Gasteiger partial charge in [0, 0.05) is 18.2 Å². The summed E-state index contributed by atoms with van der Waals surface area (Å²) in [5.74, 6) is -0.375. The molecule has 1 aromatic heterocycles. The van der Waals surface area contributed by atoms with Gasteiger partial charge >= 0.3 is 0 Å². The van der Waals surface area contributed by atoms with Crippen molar-refractivity contribution in [2.45, 2.75) is 11.7 Å². The van der Waals surface area contributed by atoms with Crippen molar-refractivity contribution in [3.63, 3.8) is 0 Å². The van der Waals surface area contributed by atoms with Crippen molar-refractivity contribution in [2.24, 2.45) is 0 Å². The smallest absolute Gasteiger partial charge is 0.234 e. The molecule has 3 aromatic rings. The number of halogens is 2. The van der Waals surface area contributed by atoms with Crippen LogP contribution in [0, 0.1) is 11.6 Å². The zero-order valence-electron chi connectivity index (χ0n) is 16.9. The van der Waals surface area contributed by atoms with Gasteiger partial charge in [0.1, 0.15) is 11.6 Å². The van der Waals surface area contributed by atoms with E-state index in [1.165, 1.54) is 6.07 Å². The zero-order chi connectivity index (χ0) is 22.4. The number of nitrogens with one attached hydrogen (secondary N) is 1. The zero-order valence-corrected chi connectivity index (χ0v) is 17.7. The van der Waals surface area contributed by atoms with Crippen molar-refractivity contribution < 1.29 is 23.0 Å². The first-order valence-corrected chi connectivity index (χ1v) is 10.1. The fourth-order valence-corrected chi connectivity index (χ4v) is 3.53. The lowest BCUT2D eigenvalue weighted by Crippen LogP contribution is -2.15. The number of aromatic nitrogens is 3. The number of anilines is 1. The summed E-state index contributed by atoms with van der Waals surface area (Å²) < 4.78 is 39.1. The second kappa shape index (κ2) is 10.1. The van der Waals surface area contributed by atoms with Gasteiger partial charge in [-0.1, -0.05) is 17.8 Å². The Morgan fingerprint density at radius 1 is 1.16 bits per heavy atom. The summed E-state index contributed by atoms with van der Waals surface area (Å²) in [7, 11) is 3.09. The first-order valence-electron chi connectivity index (χ1n) is 9.11. The van der Waals surface area contributed by atoms with Crippen molar-refractivity contribution in [3.05, 3.63) is 60.7 Å². The Labute approximate surface area is 182 Å². The standard InChI is InChI=1S/C21H20F2N4O3S/c1-4-9-27-20(13-5-8-17(29-2)18(10-13)30-3)25-26-21(27)31-12-19(28)24-16-7-6-14(22)11-15(16)23/h4-8,10-11H,1,9,12H2,2-3H3,(H,24,28). The number of carbonyl (C=O) groups excluding carboxylic acids is 1. The number of nitrogens with zero attached hydrogens (tertiary/aromatic N) is 3. The van der Waals surface area contributed by atoms with Gasteiger partial charge in [0.15, 0.2) is 22.5 Å². The molecule has 0 aliphatic carbocycles. The van der Waals surface area contributed by atoms with Crippen molar-refractivity contribution >= 4 is 23.4 Å². The molecule has 0 spiro atoms. The van der Waals surface area contributed by atoms with Crippen LogP contribution in [-0.2, 0) is 11.3 Å². The Morgan fingerprint density at radius 3 is 2.61 bits per heavy atom. The molecule has 3 rings (SSSR count). The van der Waals surface area contributed by atoms with Crippen LogP contribution in [0.5, 0.6) is 11.5 Å². The number of rotatable bonds is 9. The molecule has 162 valence electrons. The molecule has 1 amide bonds. The van der Waals surface area contributed by atoms with E-state index in [0.717, 1.165) is 23.4 Å². The van der Waals surface area contributed by atoms with Gasteiger partial charge in [-0.25, -0.2) is 8.78 Å². The van der Waals surface area contributed by atoms with Gasteiger partial charge in [-0.05, 0) is 30.3 Å². The number of thioether (sulfide) groups is 1. The summed E-state index contributed by atoms with van der Waals surface area (Å²) in [5.41, 5.74) is 0.655. The SMILES string of the molecule is C=CCn1c(SCC(=O)Nc2ccc(F)cc2F)nnc1-c1ccc(OC)c(OC)c1. The fourth-order valence-electron chi connectivity index (χ4n) is 2.79. The number of methoxy groups -OCH3 is 2. The van der Waals surface area contributed by atoms with Crippen LogP contribution in [0.25, 0.3) is 11.4 Å². The van der Waals surface area contributed by atoms with Gasteiger partial charge in [-0.3, -0.25) is 9.36 Å². The van der Waals surface area contributed by atoms with Crippen molar-refractivity contribution in [1.82, 2.24) is 14.8 Å². The maximum Gasteiger partial charge on any atom is 0.234 e. The largest absolute Gasteiger partial charge is 0.493 e. The summed E-state index contributed by atoms with van der Waals surface area (Å²) >= 11 is 1.13. The van der Waals surface area contributed by atoms with Crippen molar-refractivity contribution in [3.8, 4) is 22.9 Å². The highest BCUT2D eigenvalue weighted by molar-refractivity contribution is 7.99. The molecule has 1 N–H and O–H groups in total. The third-order valence-corrected chi connectivity index (χ3v) is 5.17. The number of hydrogen-bond donors (Lipinski definition) is 1. The minimum Gasteiger partial charge on any atom is -0.493 e. The van der Waals surface area contributed by atoms with E-state index in [4.69, 9.17) is 9.47 Å². The van der Waals surface area contributed by atoms with E-state index in [1.54, 1.807) is 37.0 Å². The monoisotopic (exact) mass is 446 g/mol. The molecular formula is C21H20F2N4O3S. The van der Waals surface area contributed by atoms with Gasteiger partial charge in [-0.2, -0.15) is 0 Å². The molecule has 0 fully saturated rings. The van der Waals surface area contributed by atoms with Gasteiger partial charge in [0.25, 0.3) is 0 Å². The Kier molecular flexibility index (Phi) is 7.24. The van der Waals surface area contributed by atoms with Crippen molar-refractivity contribution in [2.75, 3.05) is 25.3 Å². The molecule has 0 aliphatic heterocycles. The average molecular weight is 446 g/mol. The summed E-state index contributed by atoms with van der Waals surface area (Å²) in [5, 5.41) is 11.3. The van der Waals surface area contributed by atoms with Crippen LogP contribution in [0.3, 0.4) is 0 Å². The highest BCUT2D eigenvalue weighted by atomic mass is 32.2. The first-order chi connectivity index (χ1) is 15.0. The van der Waals surface area contributed by atoms with Crippen LogP contribution in [0.1, 0.15) is 0 Å². The van der Waals surface area contributed by atoms with Crippen LogP contribution >= 0.6 is 11.8 Å². The summed E-state index contributed by atoms with van der Waals surface area (Å²) in [6.45, 7) is 4.17. The van der Waals surface area contributed by atoms with E-state index in [0.29, 0.717) is 35.1 Å². The summed E-state index contributed by atoms with van der Waals surface area (Å²) in [4.78, 5) is 12.2. The average Bonchev–Trinajstić information content (AvgIpc) is 3.16. The Morgan fingerprint density at radius 2 is 1.94 bits per heavy atom. The van der Waals surface area contributed by atoms with Crippen LogP contribution in [0.2, 0.25) is 0 Å². The molecule has 0 radical (unpaired) electrons. The predicted octanol–water partition coefficient (Wildman–Crippen LogP) is 4.16. The molecule has 31 heavy (non-hydrogen) atoms. The molecular weight excluding hydrogens is 426 g/mol. The molecule has 0 atom stereocenters. The molecule has 7 nitrogen and oxygen atoms in total. The van der Waals surface area contributed by atoms with E-state index in [2.05, 4.69) is 22.1 Å². The molecule has 0 bridgehead atoms. The fraction of sp³-hybridized carbons (Fsp3) is 0.190. The normalized spacial score (nSPS) is 10.6. The minimum absolute atomic E-state index is 0.0436. The molecule has 0 aliphatic rings. The quantitative estimate of drug-likeness (QED) is 0.393. The number of ether oxygens (including phenoxy) is 2. The maximum atomic E-state index is 13.7. The highest BCUT2D eigenvalue weighted by Gasteiger charge is 2.17. The Bertz CT molecular complexity index is 1100. The van der Waals surface area contributed by atoms with Gasteiger partial charge in [0.05, 0.1) is 25.7 Å². The van der Waals surface area contributed by atoms with E-state index in [-0.39, 0.29) is 11.4 Å². The number of carbonyl (C=O) groups is 1. The van der Waals surface area contributed by atoms with Gasteiger partial charge in [-0.15, -0.1) is 16.8 Å². The maximum absolute atomic E-state index is 13.7. The second-order valence-electron chi connectivity index (χ2n) is 6.24.